The van der Waals surface area contributed by atoms with E-state index in [0.717, 1.165) is 10.9 Å². The van der Waals surface area contributed by atoms with Gasteiger partial charge < -0.3 is 15.2 Å². The second kappa shape index (κ2) is 5.75. The lowest BCUT2D eigenvalue weighted by atomic mass is 10.0. The van der Waals surface area contributed by atoms with E-state index in [0.29, 0.717) is 5.56 Å². The van der Waals surface area contributed by atoms with Crippen molar-refractivity contribution >= 4 is 22.8 Å². The third-order valence-electron chi connectivity index (χ3n) is 3.27. The number of aliphatic carboxylic acids is 2. The number of carboxylic acid groups (broad SMARTS) is 2. The number of hydrogen-bond acceptors (Lipinski definition) is 3. The van der Waals surface area contributed by atoms with Crippen LogP contribution in [-0.2, 0) is 9.59 Å². The van der Waals surface area contributed by atoms with Crippen molar-refractivity contribution in [2.75, 3.05) is 13.6 Å². The molecule has 0 fully saturated rings. The summed E-state index contributed by atoms with van der Waals surface area (Å²) in [5.41, 5.74) is 1.50. The van der Waals surface area contributed by atoms with Gasteiger partial charge in [0, 0.05) is 29.2 Å². The third-order valence-corrected chi connectivity index (χ3v) is 3.27. The molecule has 1 heterocycles. The number of para-hydroxylation sites is 1. The van der Waals surface area contributed by atoms with E-state index in [2.05, 4.69) is 4.98 Å². The van der Waals surface area contributed by atoms with Crippen LogP contribution in [0.4, 0.5) is 0 Å². The minimum atomic E-state index is -0.998. The van der Waals surface area contributed by atoms with Crippen molar-refractivity contribution in [2.24, 2.45) is 0 Å². The Bertz CT molecular complexity index is 635. The molecular weight excluding hydrogens is 260 g/mol. The number of carboxylic acids is 2. The van der Waals surface area contributed by atoms with Crippen LogP contribution in [-0.4, -0.2) is 45.6 Å². The molecule has 2 aromatic rings. The lowest BCUT2D eigenvalue weighted by Crippen LogP contribution is -2.32. The molecule has 0 radical (unpaired) electrons. The zero-order valence-corrected chi connectivity index (χ0v) is 11.0. The molecule has 0 aliphatic carbocycles. The highest BCUT2D eigenvalue weighted by Gasteiger charge is 2.27. The van der Waals surface area contributed by atoms with Crippen LogP contribution in [0.3, 0.4) is 0 Å². The van der Waals surface area contributed by atoms with Crippen LogP contribution in [0.5, 0.6) is 0 Å². The van der Waals surface area contributed by atoms with E-state index in [1.54, 1.807) is 13.2 Å². The predicted molar refractivity (Wildman–Crippen MR) is 73.6 cm³/mol. The first-order valence-corrected chi connectivity index (χ1v) is 6.21. The standard InChI is InChI=1S/C14H16N2O4/c1-16(7-6-12(17)18)13(14(19)20)10-8-15-11-5-3-2-4-9(10)11/h2-5,8,13,15H,6-7H2,1H3,(H,17,18)(H,19,20). The van der Waals surface area contributed by atoms with Crippen molar-refractivity contribution in [1.29, 1.82) is 0 Å². The Morgan fingerprint density at radius 1 is 1.30 bits per heavy atom. The molecule has 1 atom stereocenters. The van der Waals surface area contributed by atoms with Gasteiger partial charge in [-0.25, -0.2) is 0 Å². The maximum absolute atomic E-state index is 11.5. The van der Waals surface area contributed by atoms with Gasteiger partial charge in [0.2, 0.25) is 0 Å². The number of hydrogen-bond donors (Lipinski definition) is 3. The molecule has 20 heavy (non-hydrogen) atoms. The Balaban J connectivity index is 2.33. The molecule has 0 aliphatic heterocycles. The fourth-order valence-electron chi connectivity index (χ4n) is 2.28. The van der Waals surface area contributed by atoms with Crippen molar-refractivity contribution < 1.29 is 19.8 Å². The SMILES string of the molecule is CN(CCC(=O)O)C(C(=O)O)c1c[nH]c2ccccc12. The Morgan fingerprint density at radius 3 is 2.65 bits per heavy atom. The highest BCUT2D eigenvalue weighted by Crippen LogP contribution is 2.27. The molecule has 3 N–H and O–H groups in total. The zero-order chi connectivity index (χ0) is 14.7. The molecule has 0 saturated carbocycles. The monoisotopic (exact) mass is 276 g/mol. The maximum Gasteiger partial charge on any atom is 0.325 e. The fraction of sp³-hybridized carbons (Fsp3) is 0.286. The maximum atomic E-state index is 11.5. The van der Waals surface area contributed by atoms with E-state index in [1.807, 2.05) is 24.3 Å². The van der Waals surface area contributed by atoms with Crippen LogP contribution >= 0.6 is 0 Å². The smallest absolute Gasteiger partial charge is 0.325 e. The summed E-state index contributed by atoms with van der Waals surface area (Å²) in [6.45, 7) is 0.172. The lowest BCUT2D eigenvalue weighted by molar-refractivity contribution is -0.144. The molecule has 0 amide bonds. The largest absolute Gasteiger partial charge is 0.481 e. The number of rotatable bonds is 6. The van der Waals surface area contributed by atoms with E-state index < -0.39 is 18.0 Å². The number of H-pyrrole nitrogens is 1. The number of nitrogens with one attached hydrogen (secondary N) is 1. The average molecular weight is 276 g/mol. The van der Waals surface area contributed by atoms with Gasteiger partial charge in [0.1, 0.15) is 6.04 Å². The molecule has 1 unspecified atom stereocenters. The van der Waals surface area contributed by atoms with Gasteiger partial charge >= 0.3 is 11.9 Å². The fourth-order valence-corrected chi connectivity index (χ4v) is 2.28. The summed E-state index contributed by atoms with van der Waals surface area (Å²) in [5.74, 6) is -1.94. The van der Waals surface area contributed by atoms with Crippen LogP contribution in [0.25, 0.3) is 10.9 Å². The Labute approximate surface area is 115 Å². The molecule has 1 aromatic heterocycles. The van der Waals surface area contributed by atoms with Crippen molar-refractivity contribution in [3.8, 4) is 0 Å². The first-order chi connectivity index (χ1) is 9.50. The number of aromatic amines is 1. The van der Waals surface area contributed by atoms with Gasteiger partial charge in [-0.05, 0) is 13.1 Å². The molecule has 0 spiro atoms. The van der Waals surface area contributed by atoms with Gasteiger partial charge in [-0.3, -0.25) is 14.5 Å². The summed E-state index contributed by atoms with van der Waals surface area (Å²) in [4.78, 5) is 26.7. The second-order valence-corrected chi connectivity index (χ2v) is 4.65. The summed E-state index contributed by atoms with van der Waals surface area (Å²) in [5, 5.41) is 19.0. The Hall–Kier alpha value is -2.34. The van der Waals surface area contributed by atoms with Crippen molar-refractivity contribution in [2.45, 2.75) is 12.5 Å². The molecular formula is C14H16N2O4. The highest BCUT2D eigenvalue weighted by molar-refractivity contribution is 5.89. The molecule has 2 rings (SSSR count). The predicted octanol–water partition coefficient (Wildman–Crippen LogP) is 1.70. The summed E-state index contributed by atoms with van der Waals surface area (Å²) < 4.78 is 0. The number of aromatic nitrogens is 1. The first-order valence-electron chi connectivity index (χ1n) is 6.21. The summed E-state index contributed by atoms with van der Waals surface area (Å²) >= 11 is 0. The van der Waals surface area contributed by atoms with Gasteiger partial charge in [-0.1, -0.05) is 18.2 Å². The summed E-state index contributed by atoms with van der Waals surface area (Å²) in [7, 11) is 1.61. The summed E-state index contributed by atoms with van der Waals surface area (Å²) in [6, 6.07) is 6.56. The first kappa shape index (κ1) is 14.1. The number of likely N-dealkylation sites (N-methyl/N-ethyl adjacent to an activating group) is 1. The second-order valence-electron chi connectivity index (χ2n) is 4.65. The van der Waals surface area contributed by atoms with Crippen LogP contribution in [0.1, 0.15) is 18.0 Å². The van der Waals surface area contributed by atoms with Crippen molar-refractivity contribution in [3.63, 3.8) is 0 Å². The van der Waals surface area contributed by atoms with Gasteiger partial charge in [0.25, 0.3) is 0 Å². The van der Waals surface area contributed by atoms with Crippen LogP contribution in [0.15, 0.2) is 30.5 Å². The minimum absolute atomic E-state index is 0.0946. The molecule has 1 aromatic carbocycles. The van der Waals surface area contributed by atoms with E-state index in [-0.39, 0.29) is 13.0 Å². The molecule has 6 heteroatoms. The van der Waals surface area contributed by atoms with E-state index in [1.165, 1.54) is 4.90 Å². The number of benzene rings is 1. The van der Waals surface area contributed by atoms with Gasteiger partial charge in [0.15, 0.2) is 0 Å². The Morgan fingerprint density at radius 2 is 2.00 bits per heavy atom. The number of fused-ring (bicyclic) bond motifs is 1. The number of nitrogens with zero attached hydrogens (tertiary/aromatic N) is 1. The minimum Gasteiger partial charge on any atom is -0.481 e. The van der Waals surface area contributed by atoms with E-state index in [4.69, 9.17) is 5.11 Å². The molecule has 106 valence electrons. The third kappa shape index (κ3) is 2.80. The topological polar surface area (TPSA) is 93.6 Å². The normalized spacial score (nSPS) is 12.7. The molecule has 0 saturated heterocycles. The van der Waals surface area contributed by atoms with Crippen LogP contribution in [0.2, 0.25) is 0 Å². The Kier molecular flexibility index (Phi) is 4.05. The lowest BCUT2D eigenvalue weighted by Gasteiger charge is -2.23. The summed E-state index contributed by atoms with van der Waals surface area (Å²) in [6.07, 6.45) is 1.57. The van der Waals surface area contributed by atoms with Crippen LogP contribution in [0, 0.1) is 0 Å². The molecule has 0 bridgehead atoms. The van der Waals surface area contributed by atoms with E-state index in [9.17, 15) is 14.7 Å². The van der Waals surface area contributed by atoms with Crippen molar-refractivity contribution in [1.82, 2.24) is 9.88 Å². The van der Waals surface area contributed by atoms with Gasteiger partial charge in [-0.2, -0.15) is 0 Å². The van der Waals surface area contributed by atoms with Gasteiger partial charge in [-0.15, -0.1) is 0 Å². The number of carbonyl (C=O) groups is 2. The van der Waals surface area contributed by atoms with Crippen LogP contribution < -0.4 is 0 Å². The van der Waals surface area contributed by atoms with Crippen molar-refractivity contribution in [3.05, 3.63) is 36.0 Å². The zero-order valence-electron chi connectivity index (χ0n) is 11.0. The highest BCUT2D eigenvalue weighted by atomic mass is 16.4. The van der Waals surface area contributed by atoms with Gasteiger partial charge in [0.05, 0.1) is 6.42 Å². The molecule has 0 aliphatic rings. The average Bonchev–Trinajstić information content (AvgIpc) is 2.80. The van der Waals surface area contributed by atoms with E-state index >= 15 is 0 Å². The quantitative estimate of drug-likeness (QED) is 0.746. The molecule has 6 nitrogen and oxygen atoms in total.